The van der Waals surface area contributed by atoms with Crippen molar-refractivity contribution in [2.45, 2.75) is 19.4 Å². The van der Waals surface area contributed by atoms with Gasteiger partial charge in [0.25, 0.3) is 0 Å². The number of hydrogen-bond donors (Lipinski definition) is 1. The molecule has 1 aromatic heterocycles. The molecule has 5 heteroatoms. The van der Waals surface area contributed by atoms with E-state index in [1.807, 2.05) is 13.0 Å². The molecular weight excluding hydrogens is 224 g/mol. The molecule has 0 saturated carbocycles. The Bertz CT molecular complexity index is 403. The van der Waals surface area contributed by atoms with Gasteiger partial charge in [-0.25, -0.2) is 4.98 Å². The summed E-state index contributed by atoms with van der Waals surface area (Å²) in [5.41, 5.74) is 7.22. The summed E-state index contributed by atoms with van der Waals surface area (Å²) in [4.78, 5) is 4.65. The molecule has 2 rings (SSSR count). The zero-order valence-corrected chi connectivity index (χ0v) is 9.92. The smallest absolute Gasteiger partial charge is 0.214 e. The van der Waals surface area contributed by atoms with Crippen molar-refractivity contribution in [3.63, 3.8) is 0 Å². The molecule has 1 aliphatic rings. The van der Waals surface area contributed by atoms with Gasteiger partial charge in [-0.05, 0) is 13.0 Å². The van der Waals surface area contributed by atoms with E-state index in [-0.39, 0.29) is 6.10 Å². The Labute approximate surface area is 99.8 Å². The predicted octanol–water partition coefficient (Wildman–Crippen LogP) is 1.19. The summed E-state index contributed by atoms with van der Waals surface area (Å²) in [5, 5.41) is 0. The van der Waals surface area contributed by atoms with Crippen molar-refractivity contribution >= 4 is 17.2 Å². The molecular formula is C11H14N2O2S. The van der Waals surface area contributed by atoms with E-state index in [4.69, 9.17) is 27.4 Å². The van der Waals surface area contributed by atoms with Gasteiger partial charge in [-0.15, -0.1) is 0 Å². The highest BCUT2D eigenvalue weighted by Crippen LogP contribution is 2.17. The molecule has 4 nitrogen and oxygen atoms in total. The minimum absolute atomic E-state index is 0.0912. The topological polar surface area (TPSA) is 57.4 Å². The fourth-order valence-corrected chi connectivity index (χ4v) is 1.74. The third-order valence-corrected chi connectivity index (χ3v) is 2.63. The summed E-state index contributed by atoms with van der Waals surface area (Å²) >= 11 is 4.93. The van der Waals surface area contributed by atoms with E-state index in [0.717, 1.165) is 24.3 Å². The van der Waals surface area contributed by atoms with E-state index in [0.29, 0.717) is 17.5 Å². The number of nitrogens with zero attached hydrogens (tertiary/aromatic N) is 1. The van der Waals surface area contributed by atoms with Gasteiger partial charge in [-0.2, -0.15) is 0 Å². The van der Waals surface area contributed by atoms with Crippen LogP contribution in [0.4, 0.5) is 0 Å². The molecule has 1 aromatic rings. The van der Waals surface area contributed by atoms with Crippen LogP contribution in [0, 0.1) is 6.92 Å². The molecule has 0 bridgehead atoms. The van der Waals surface area contributed by atoms with E-state index in [9.17, 15) is 0 Å². The summed E-state index contributed by atoms with van der Waals surface area (Å²) in [6.07, 6.45) is 0.992. The van der Waals surface area contributed by atoms with Crippen LogP contribution < -0.4 is 10.5 Å². The molecule has 0 spiro atoms. The number of ether oxygens (including phenoxy) is 2. The molecule has 1 saturated heterocycles. The molecule has 1 fully saturated rings. The molecule has 86 valence electrons. The van der Waals surface area contributed by atoms with Crippen molar-refractivity contribution in [1.82, 2.24) is 4.98 Å². The number of aryl methyl sites for hydroxylation is 1. The van der Waals surface area contributed by atoms with E-state index in [1.54, 1.807) is 6.07 Å². The van der Waals surface area contributed by atoms with Crippen LogP contribution in [0.25, 0.3) is 0 Å². The van der Waals surface area contributed by atoms with Crippen LogP contribution in [0.3, 0.4) is 0 Å². The largest absolute Gasteiger partial charge is 0.472 e. The minimum atomic E-state index is 0.0912. The Hall–Kier alpha value is -1.20. The first-order valence-electron chi connectivity index (χ1n) is 5.18. The monoisotopic (exact) mass is 238 g/mol. The standard InChI is InChI=1S/C11H14N2O2S/c1-7-4-8(11(12)16)5-10(13-7)15-9-2-3-14-6-9/h4-5,9H,2-3,6H2,1H3,(H2,12,16). The van der Waals surface area contributed by atoms with Crippen molar-refractivity contribution in [3.8, 4) is 5.88 Å². The zero-order valence-electron chi connectivity index (χ0n) is 9.10. The van der Waals surface area contributed by atoms with Crippen LogP contribution in [0.15, 0.2) is 12.1 Å². The van der Waals surface area contributed by atoms with E-state index in [1.165, 1.54) is 0 Å². The lowest BCUT2D eigenvalue weighted by molar-refractivity contribution is 0.138. The summed E-state index contributed by atoms with van der Waals surface area (Å²) in [6, 6.07) is 3.62. The molecule has 1 unspecified atom stereocenters. The number of hydrogen-bond acceptors (Lipinski definition) is 4. The first-order chi connectivity index (χ1) is 7.65. The lowest BCUT2D eigenvalue weighted by atomic mass is 10.2. The van der Waals surface area contributed by atoms with E-state index >= 15 is 0 Å². The fourth-order valence-electron chi connectivity index (χ4n) is 1.62. The molecule has 0 radical (unpaired) electrons. The number of nitrogens with two attached hydrogens (primary N) is 1. The van der Waals surface area contributed by atoms with Crippen LogP contribution in [0.1, 0.15) is 17.7 Å². The van der Waals surface area contributed by atoms with Crippen molar-refractivity contribution < 1.29 is 9.47 Å². The number of aromatic nitrogens is 1. The SMILES string of the molecule is Cc1cc(C(N)=S)cc(OC2CCOC2)n1. The average Bonchev–Trinajstić information content (AvgIpc) is 2.69. The van der Waals surface area contributed by atoms with Crippen molar-refractivity contribution in [2.75, 3.05) is 13.2 Å². The highest BCUT2D eigenvalue weighted by Gasteiger charge is 2.18. The highest BCUT2D eigenvalue weighted by molar-refractivity contribution is 7.80. The van der Waals surface area contributed by atoms with Crippen LogP contribution in [0.5, 0.6) is 5.88 Å². The second-order valence-electron chi connectivity index (χ2n) is 3.80. The molecule has 2 heterocycles. The molecule has 0 aromatic carbocycles. The summed E-state index contributed by atoms with van der Waals surface area (Å²) in [7, 11) is 0. The molecule has 0 aliphatic carbocycles. The van der Waals surface area contributed by atoms with Crippen LogP contribution >= 0.6 is 12.2 Å². The molecule has 1 aliphatic heterocycles. The van der Waals surface area contributed by atoms with Crippen molar-refractivity contribution in [3.05, 3.63) is 23.4 Å². The van der Waals surface area contributed by atoms with Gasteiger partial charge in [0.1, 0.15) is 11.1 Å². The second-order valence-corrected chi connectivity index (χ2v) is 4.24. The average molecular weight is 238 g/mol. The maximum absolute atomic E-state index is 5.70. The lowest BCUT2D eigenvalue weighted by Gasteiger charge is -2.12. The van der Waals surface area contributed by atoms with Gasteiger partial charge in [-0.3, -0.25) is 0 Å². The summed E-state index contributed by atoms with van der Waals surface area (Å²) in [5.74, 6) is 0.568. The van der Waals surface area contributed by atoms with Crippen molar-refractivity contribution in [1.29, 1.82) is 0 Å². The Kier molecular flexibility index (Phi) is 3.36. The van der Waals surface area contributed by atoms with Gasteiger partial charge in [0, 0.05) is 23.7 Å². The normalized spacial score (nSPS) is 19.7. The third-order valence-electron chi connectivity index (χ3n) is 2.39. The Morgan fingerprint density at radius 2 is 2.44 bits per heavy atom. The maximum Gasteiger partial charge on any atom is 0.214 e. The molecule has 1 atom stereocenters. The van der Waals surface area contributed by atoms with Gasteiger partial charge in [0.15, 0.2) is 0 Å². The maximum atomic E-state index is 5.70. The fraction of sp³-hybridized carbons (Fsp3) is 0.455. The van der Waals surface area contributed by atoms with Crippen LogP contribution in [0.2, 0.25) is 0 Å². The Morgan fingerprint density at radius 3 is 3.06 bits per heavy atom. The summed E-state index contributed by atoms with van der Waals surface area (Å²) in [6.45, 7) is 3.26. The summed E-state index contributed by atoms with van der Waals surface area (Å²) < 4.78 is 10.9. The van der Waals surface area contributed by atoms with Gasteiger partial charge in [0.05, 0.1) is 13.2 Å². The molecule has 16 heavy (non-hydrogen) atoms. The molecule has 0 amide bonds. The van der Waals surface area contributed by atoms with Gasteiger partial charge >= 0.3 is 0 Å². The predicted molar refractivity (Wildman–Crippen MR) is 64.7 cm³/mol. The van der Waals surface area contributed by atoms with Crippen LogP contribution in [-0.4, -0.2) is 29.3 Å². The van der Waals surface area contributed by atoms with Gasteiger partial charge in [-0.1, -0.05) is 12.2 Å². The lowest BCUT2D eigenvalue weighted by Crippen LogP contribution is -2.17. The Morgan fingerprint density at radius 1 is 1.62 bits per heavy atom. The van der Waals surface area contributed by atoms with Gasteiger partial charge in [0.2, 0.25) is 5.88 Å². The minimum Gasteiger partial charge on any atom is -0.472 e. The number of rotatable bonds is 3. The second kappa shape index (κ2) is 4.76. The Balaban J connectivity index is 2.16. The van der Waals surface area contributed by atoms with E-state index < -0.39 is 0 Å². The zero-order chi connectivity index (χ0) is 11.5. The van der Waals surface area contributed by atoms with Gasteiger partial charge < -0.3 is 15.2 Å². The van der Waals surface area contributed by atoms with Crippen LogP contribution in [-0.2, 0) is 4.74 Å². The number of thiocarbonyl (C=S) groups is 1. The van der Waals surface area contributed by atoms with E-state index in [2.05, 4.69) is 4.98 Å². The third kappa shape index (κ3) is 2.68. The van der Waals surface area contributed by atoms with Crippen molar-refractivity contribution in [2.24, 2.45) is 5.73 Å². The quantitative estimate of drug-likeness (QED) is 0.802. The highest BCUT2D eigenvalue weighted by atomic mass is 32.1. The first kappa shape index (κ1) is 11.3. The molecule has 2 N–H and O–H groups in total. The first-order valence-corrected chi connectivity index (χ1v) is 5.59. The number of pyridine rings is 1.